The Morgan fingerprint density at radius 3 is 2.26 bits per heavy atom. The van der Waals surface area contributed by atoms with Gasteiger partial charge in [0.2, 0.25) is 0 Å². The maximum absolute atomic E-state index is 12.7. The molecule has 0 aromatic heterocycles. The molecule has 108 valence electrons. The summed E-state index contributed by atoms with van der Waals surface area (Å²) in [6, 6.07) is 5.39. The van der Waals surface area contributed by atoms with Crippen LogP contribution >= 0.6 is 11.8 Å². The van der Waals surface area contributed by atoms with E-state index in [9.17, 15) is 13.2 Å². The van der Waals surface area contributed by atoms with Gasteiger partial charge in [-0.05, 0) is 37.8 Å². The van der Waals surface area contributed by atoms with Crippen LogP contribution in [-0.2, 0) is 6.18 Å². The van der Waals surface area contributed by atoms with Crippen LogP contribution in [0.3, 0.4) is 0 Å². The van der Waals surface area contributed by atoms with E-state index in [0.29, 0.717) is 16.7 Å². The Morgan fingerprint density at radius 1 is 1.21 bits per heavy atom. The van der Waals surface area contributed by atoms with Crippen LogP contribution in [-0.4, -0.2) is 26.2 Å². The van der Waals surface area contributed by atoms with Gasteiger partial charge in [0.25, 0.3) is 0 Å². The molecule has 0 aliphatic heterocycles. The summed E-state index contributed by atoms with van der Waals surface area (Å²) < 4.78 is 38.5. The maximum Gasteiger partial charge on any atom is 0.416 e. The fourth-order valence-electron chi connectivity index (χ4n) is 2.17. The smallest absolute Gasteiger partial charge is 0.294 e. The van der Waals surface area contributed by atoms with Crippen LogP contribution in [0.4, 0.5) is 18.9 Å². The lowest BCUT2D eigenvalue weighted by molar-refractivity contribution is -0.137. The van der Waals surface area contributed by atoms with Crippen LogP contribution in [0.15, 0.2) is 24.3 Å². The molecule has 0 saturated heterocycles. The van der Waals surface area contributed by atoms with Crippen molar-refractivity contribution in [3.8, 4) is 0 Å². The first kappa shape index (κ1) is 16.3. The largest absolute Gasteiger partial charge is 0.416 e. The molecule has 0 unspecified atom stereocenters. The minimum Gasteiger partial charge on any atom is -0.294 e. The summed E-state index contributed by atoms with van der Waals surface area (Å²) in [5.74, 6) is 0. The van der Waals surface area contributed by atoms with Gasteiger partial charge in [-0.2, -0.15) is 13.2 Å². The Kier molecular flexibility index (Phi) is 4.55. The van der Waals surface area contributed by atoms with Crippen molar-refractivity contribution in [3.63, 3.8) is 0 Å². The first-order valence-corrected chi connectivity index (χ1v) is 6.24. The van der Waals surface area contributed by atoms with Gasteiger partial charge in [-0.1, -0.05) is 6.07 Å². The predicted octanol–water partition coefficient (Wildman–Crippen LogP) is 3.79. The molecule has 0 amide bonds. The van der Waals surface area contributed by atoms with E-state index < -0.39 is 11.7 Å². The van der Waals surface area contributed by atoms with E-state index in [2.05, 4.69) is 4.84 Å². The fraction of sp³-hybridized carbons (Fsp3) is 0.538. The Morgan fingerprint density at radius 2 is 1.79 bits per heavy atom. The molecule has 1 N–H and O–H groups in total. The van der Waals surface area contributed by atoms with E-state index >= 15 is 0 Å². The molecular weight excluding hydrogens is 277 g/mol. The molecule has 1 aromatic carbocycles. The van der Waals surface area contributed by atoms with Crippen LogP contribution in [0.2, 0.25) is 0 Å². The summed E-state index contributed by atoms with van der Waals surface area (Å²) in [5, 5.41) is 0. The summed E-state index contributed by atoms with van der Waals surface area (Å²) >= 11 is 5.65. The molecule has 0 bridgehead atoms. The van der Waals surface area contributed by atoms with Crippen molar-refractivity contribution < 1.29 is 13.2 Å². The van der Waals surface area contributed by atoms with E-state index in [-0.39, 0.29) is 5.54 Å². The zero-order valence-corrected chi connectivity index (χ0v) is 12.2. The van der Waals surface area contributed by atoms with Crippen molar-refractivity contribution in [3.05, 3.63) is 29.8 Å². The Labute approximate surface area is 116 Å². The van der Waals surface area contributed by atoms with E-state index in [0.717, 1.165) is 6.07 Å². The van der Waals surface area contributed by atoms with E-state index in [1.165, 1.54) is 12.1 Å². The van der Waals surface area contributed by atoms with Crippen LogP contribution in [0, 0.1) is 0 Å². The number of nitrogens with one attached hydrogen (secondary N) is 1. The number of alkyl halides is 3. The van der Waals surface area contributed by atoms with Gasteiger partial charge in [-0.3, -0.25) is 4.48 Å². The van der Waals surface area contributed by atoms with Gasteiger partial charge in [-0.25, -0.2) is 4.84 Å². The lowest BCUT2D eigenvalue weighted by Crippen LogP contribution is -2.54. The predicted molar refractivity (Wildman–Crippen MR) is 73.0 cm³/mol. The van der Waals surface area contributed by atoms with Gasteiger partial charge in [0.1, 0.15) is 12.2 Å². The number of halogens is 4. The molecule has 1 rings (SSSR count). The molecule has 0 heterocycles. The first-order chi connectivity index (χ1) is 8.48. The topological polar surface area (TPSA) is 12.0 Å². The molecule has 0 spiro atoms. The third-order valence-electron chi connectivity index (χ3n) is 2.92. The van der Waals surface area contributed by atoms with Crippen molar-refractivity contribution in [2.75, 3.05) is 20.6 Å². The molecule has 19 heavy (non-hydrogen) atoms. The van der Waals surface area contributed by atoms with Crippen LogP contribution in [0.25, 0.3) is 0 Å². The molecule has 1 aromatic rings. The van der Waals surface area contributed by atoms with Gasteiger partial charge < -0.3 is 0 Å². The van der Waals surface area contributed by atoms with Crippen LogP contribution < -0.4 is 9.32 Å². The molecule has 0 radical (unpaired) electrons. The summed E-state index contributed by atoms with van der Waals surface area (Å²) in [6.45, 7) is 4.35. The quantitative estimate of drug-likeness (QED) is 0.658. The molecule has 0 fully saturated rings. The maximum atomic E-state index is 12.7. The van der Waals surface area contributed by atoms with Crippen molar-refractivity contribution in [2.45, 2.75) is 25.6 Å². The zero-order chi connectivity index (χ0) is 14.9. The highest BCUT2D eigenvalue weighted by molar-refractivity contribution is 6.13. The minimum absolute atomic E-state index is 0.302. The number of hydrogen-bond donors (Lipinski definition) is 1. The SMILES string of the molecule is CC(C)(C[N+](C)(C)c1cccc(C(F)(F)F)c1)NCl. The lowest BCUT2D eigenvalue weighted by atomic mass is 10.0. The second kappa shape index (κ2) is 5.31. The lowest BCUT2D eigenvalue weighted by Gasteiger charge is -2.36. The molecule has 6 heteroatoms. The van der Waals surface area contributed by atoms with Crippen LogP contribution in [0.5, 0.6) is 0 Å². The van der Waals surface area contributed by atoms with Gasteiger partial charge in [-0.15, -0.1) is 0 Å². The average Bonchev–Trinajstić information content (AvgIpc) is 2.27. The Bertz CT molecular complexity index is 442. The number of quaternary nitrogens is 1. The number of hydrogen-bond acceptors (Lipinski definition) is 1. The summed E-state index contributed by atoms with van der Waals surface area (Å²) in [4.78, 5) is 2.65. The third-order valence-corrected chi connectivity index (χ3v) is 3.43. The highest BCUT2D eigenvalue weighted by Gasteiger charge is 2.34. The third kappa shape index (κ3) is 4.37. The average molecular weight is 296 g/mol. The minimum atomic E-state index is -4.32. The van der Waals surface area contributed by atoms with Gasteiger partial charge in [0, 0.05) is 6.07 Å². The monoisotopic (exact) mass is 295 g/mol. The zero-order valence-electron chi connectivity index (χ0n) is 11.5. The van der Waals surface area contributed by atoms with Crippen molar-refractivity contribution in [2.24, 2.45) is 0 Å². The van der Waals surface area contributed by atoms with E-state index in [1.54, 1.807) is 6.07 Å². The molecule has 0 aliphatic rings. The molecular formula is C13H19ClF3N2+. The molecule has 0 aliphatic carbocycles. The first-order valence-electron chi connectivity index (χ1n) is 5.87. The summed E-state index contributed by atoms with van der Waals surface area (Å²) in [5.41, 5.74) is -0.429. The summed E-state index contributed by atoms with van der Waals surface area (Å²) in [7, 11) is 3.71. The molecule has 0 atom stereocenters. The van der Waals surface area contributed by atoms with Gasteiger partial charge in [0.05, 0.1) is 25.2 Å². The second-order valence-electron chi connectivity index (χ2n) is 5.87. The normalized spacial score (nSPS) is 13.7. The highest BCUT2D eigenvalue weighted by Crippen LogP contribution is 2.33. The Balaban J connectivity index is 3.08. The second-order valence-corrected chi connectivity index (χ2v) is 6.06. The van der Waals surface area contributed by atoms with Crippen molar-refractivity contribution >= 4 is 17.5 Å². The van der Waals surface area contributed by atoms with Crippen LogP contribution in [0.1, 0.15) is 19.4 Å². The summed E-state index contributed by atoms with van der Waals surface area (Å²) in [6.07, 6.45) is -4.32. The highest BCUT2D eigenvalue weighted by atomic mass is 35.5. The van der Waals surface area contributed by atoms with Crippen molar-refractivity contribution in [1.82, 2.24) is 9.32 Å². The molecule has 2 nitrogen and oxygen atoms in total. The Hall–Kier alpha value is -0.780. The fourth-order valence-corrected chi connectivity index (χ4v) is 2.23. The van der Waals surface area contributed by atoms with E-state index in [4.69, 9.17) is 11.8 Å². The van der Waals surface area contributed by atoms with E-state index in [1.807, 2.05) is 27.9 Å². The van der Waals surface area contributed by atoms with Crippen molar-refractivity contribution in [1.29, 1.82) is 0 Å². The van der Waals surface area contributed by atoms with Gasteiger partial charge >= 0.3 is 6.18 Å². The van der Waals surface area contributed by atoms with Gasteiger partial charge in [0.15, 0.2) is 0 Å². The number of nitrogens with zero attached hydrogens (tertiary/aromatic N) is 1. The number of benzene rings is 1. The molecule has 0 saturated carbocycles. The number of likely N-dealkylation sites (N-methyl/N-ethyl adjacent to an activating group) is 1. The number of rotatable bonds is 4. The standard InChI is InChI=1S/C13H19ClF3N2/c1-12(2,18-14)9-19(3,4)11-7-5-6-10(8-11)13(15,16)17/h5-8,18H,9H2,1-4H3/q+1.